The Hall–Kier alpha value is -1.58. The van der Waals surface area contributed by atoms with Crippen molar-refractivity contribution in [3.8, 4) is 11.5 Å². The van der Waals surface area contributed by atoms with Crippen LogP contribution < -0.4 is 10.5 Å². The van der Waals surface area contributed by atoms with Gasteiger partial charge in [-0.25, -0.2) is 4.39 Å². The normalized spacial score (nSPS) is 12.2. The van der Waals surface area contributed by atoms with Gasteiger partial charge in [0.15, 0.2) is 0 Å². The highest BCUT2D eigenvalue weighted by Crippen LogP contribution is 2.30. The highest BCUT2D eigenvalue weighted by atomic mass is 35.5. The third kappa shape index (κ3) is 3.95. The fourth-order valence-electron chi connectivity index (χ4n) is 1.87. The molecule has 1 atom stereocenters. The molecule has 0 heterocycles. The Balaban J connectivity index is 2.15. The second-order valence-electron chi connectivity index (χ2n) is 4.70. The Bertz CT molecular complexity index is 588. The summed E-state index contributed by atoms with van der Waals surface area (Å²) in [5.74, 6) is 0.717. The van der Waals surface area contributed by atoms with Crippen LogP contribution in [0.4, 0.5) is 4.39 Å². The van der Waals surface area contributed by atoms with Gasteiger partial charge in [-0.15, -0.1) is 0 Å². The molecule has 0 spiro atoms. The Labute approximate surface area is 123 Å². The second kappa shape index (κ2) is 6.73. The van der Waals surface area contributed by atoms with E-state index in [2.05, 4.69) is 6.92 Å². The minimum absolute atomic E-state index is 0.139. The lowest BCUT2D eigenvalue weighted by Gasteiger charge is -2.11. The van der Waals surface area contributed by atoms with E-state index in [4.69, 9.17) is 22.1 Å². The zero-order chi connectivity index (χ0) is 14.5. The van der Waals surface area contributed by atoms with Crippen LogP contribution in [0.3, 0.4) is 0 Å². The first-order valence-corrected chi connectivity index (χ1v) is 6.93. The second-order valence-corrected chi connectivity index (χ2v) is 5.10. The summed E-state index contributed by atoms with van der Waals surface area (Å²) in [4.78, 5) is 0. The van der Waals surface area contributed by atoms with E-state index in [1.807, 2.05) is 24.3 Å². The van der Waals surface area contributed by atoms with Crippen molar-refractivity contribution >= 4 is 11.6 Å². The standard InChI is InChI=1S/C16H17ClFNO/c1-2-13(19)8-11-4-3-5-14(9-11)20-16-7-6-12(18)10-15(16)17/h3-7,9-10,13H,2,8,19H2,1H3. The zero-order valence-corrected chi connectivity index (χ0v) is 12.0. The van der Waals surface area contributed by atoms with Crippen LogP contribution in [-0.2, 0) is 6.42 Å². The molecule has 2 nitrogen and oxygen atoms in total. The quantitative estimate of drug-likeness (QED) is 0.877. The predicted octanol–water partition coefficient (Wildman–Crippen LogP) is 4.55. The largest absolute Gasteiger partial charge is 0.456 e. The van der Waals surface area contributed by atoms with Gasteiger partial charge in [0.05, 0.1) is 5.02 Å². The van der Waals surface area contributed by atoms with Gasteiger partial charge in [-0.3, -0.25) is 0 Å². The summed E-state index contributed by atoms with van der Waals surface area (Å²) in [6, 6.07) is 11.9. The van der Waals surface area contributed by atoms with Crippen molar-refractivity contribution in [3.63, 3.8) is 0 Å². The first-order valence-electron chi connectivity index (χ1n) is 6.56. The molecule has 1 unspecified atom stereocenters. The molecule has 0 aromatic heterocycles. The molecule has 0 radical (unpaired) electrons. The van der Waals surface area contributed by atoms with E-state index in [-0.39, 0.29) is 16.9 Å². The van der Waals surface area contributed by atoms with Crippen molar-refractivity contribution in [1.29, 1.82) is 0 Å². The molecule has 0 saturated heterocycles. The smallest absolute Gasteiger partial charge is 0.146 e. The first kappa shape index (κ1) is 14.8. The Morgan fingerprint density at radius 3 is 2.75 bits per heavy atom. The van der Waals surface area contributed by atoms with Crippen LogP contribution in [0.2, 0.25) is 5.02 Å². The third-order valence-electron chi connectivity index (χ3n) is 3.04. The highest BCUT2D eigenvalue weighted by molar-refractivity contribution is 6.32. The van der Waals surface area contributed by atoms with E-state index in [1.165, 1.54) is 18.2 Å². The van der Waals surface area contributed by atoms with Crippen LogP contribution in [0.1, 0.15) is 18.9 Å². The molecule has 0 aliphatic rings. The minimum atomic E-state index is -0.384. The molecule has 0 fully saturated rings. The number of hydrogen-bond donors (Lipinski definition) is 1. The van der Waals surface area contributed by atoms with Crippen molar-refractivity contribution in [2.24, 2.45) is 5.73 Å². The lowest BCUT2D eigenvalue weighted by atomic mass is 10.0. The molecule has 0 aliphatic heterocycles. The summed E-state index contributed by atoms with van der Waals surface area (Å²) in [6.45, 7) is 2.06. The van der Waals surface area contributed by atoms with Crippen LogP contribution in [0.5, 0.6) is 11.5 Å². The Kier molecular flexibility index (Phi) is 4.99. The Morgan fingerprint density at radius 1 is 1.25 bits per heavy atom. The number of ether oxygens (including phenoxy) is 1. The number of nitrogens with two attached hydrogens (primary N) is 1. The predicted molar refractivity (Wildman–Crippen MR) is 79.9 cm³/mol. The van der Waals surface area contributed by atoms with Crippen molar-refractivity contribution in [3.05, 3.63) is 58.9 Å². The zero-order valence-electron chi connectivity index (χ0n) is 11.3. The molecule has 0 amide bonds. The maximum Gasteiger partial charge on any atom is 0.146 e. The molecule has 0 aliphatic carbocycles. The van der Waals surface area contributed by atoms with E-state index in [9.17, 15) is 4.39 Å². The van der Waals surface area contributed by atoms with Gasteiger partial charge in [0.2, 0.25) is 0 Å². The van der Waals surface area contributed by atoms with Gasteiger partial charge >= 0.3 is 0 Å². The van der Waals surface area contributed by atoms with E-state index < -0.39 is 0 Å². The Morgan fingerprint density at radius 2 is 2.05 bits per heavy atom. The fourth-order valence-corrected chi connectivity index (χ4v) is 2.07. The SMILES string of the molecule is CCC(N)Cc1cccc(Oc2ccc(F)cc2Cl)c1. The first-order chi connectivity index (χ1) is 9.58. The van der Waals surface area contributed by atoms with Crippen LogP contribution >= 0.6 is 11.6 Å². The molecule has 20 heavy (non-hydrogen) atoms. The van der Waals surface area contributed by atoms with Crippen LogP contribution in [-0.4, -0.2) is 6.04 Å². The van der Waals surface area contributed by atoms with Crippen LogP contribution in [0.25, 0.3) is 0 Å². The van der Waals surface area contributed by atoms with Gasteiger partial charge in [-0.05, 0) is 48.7 Å². The number of benzene rings is 2. The summed E-state index contributed by atoms with van der Waals surface area (Å²) in [5.41, 5.74) is 7.05. The molecule has 2 aromatic carbocycles. The monoisotopic (exact) mass is 293 g/mol. The number of rotatable bonds is 5. The maximum atomic E-state index is 13.0. The summed E-state index contributed by atoms with van der Waals surface area (Å²) in [7, 11) is 0. The van der Waals surface area contributed by atoms with Crippen LogP contribution in [0, 0.1) is 5.82 Å². The van der Waals surface area contributed by atoms with Crippen LogP contribution in [0.15, 0.2) is 42.5 Å². The number of halogens is 2. The van der Waals surface area contributed by atoms with E-state index >= 15 is 0 Å². The van der Waals surface area contributed by atoms with Crippen molar-refractivity contribution in [2.45, 2.75) is 25.8 Å². The van der Waals surface area contributed by atoms with Gasteiger partial charge in [0, 0.05) is 6.04 Å². The summed E-state index contributed by atoms with van der Waals surface area (Å²) >= 11 is 5.94. The van der Waals surface area contributed by atoms with Gasteiger partial charge in [-0.2, -0.15) is 0 Å². The molecule has 106 valence electrons. The van der Waals surface area contributed by atoms with Gasteiger partial charge in [0.1, 0.15) is 17.3 Å². The molecule has 0 bridgehead atoms. The highest BCUT2D eigenvalue weighted by Gasteiger charge is 2.06. The van der Waals surface area contributed by atoms with Crippen molar-refractivity contribution < 1.29 is 9.13 Å². The fraction of sp³-hybridized carbons (Fsp3) is 0.250. The molecule has 0 saturated carbocycles. The van der Waals surface area contributed by atoms with E-state index in [0.29, 0.717) is 11.5 Å². The lowest BCUT2D eigenvalue weighted by Crippen LogP contribution is -2.21. The lowest BCUT2D eigenvalue weighted by molar-refractivity contribution is 0.479. The molecule has 2 rings (SSSR count). The van der Waals surface area contributed by atoms with Gasteiger partial charge in [0.25, 0.3) is 0 Å². The van der Waals surface area contributed by atoms with Crippen molar-refractivity contribution in [2.75, 3.05) is 0 Å². The molecule has 2 aromatic rings. The summed E-state index contributed by atoms with van der Waals surface area (Å²) < 4.78 is 18.7. The number of hydrogen-bond acceptors (Lipinski definition) is 2. The maximum absolute atomic E-state index is 13.0. The van der Waals surface area contributed by atoms with Crippen molar-refractivity contribution in [1.82, 2.24) is 0 Å². The minimum Gasteiger partial charge on any atom is -0.456 e. The average molecular weight is 294 g/mol. The molecule has 2 N–H and O–H groups in total. The van der Waals surface area contributed by atoms with E-state index in [0.717, 1.165) is 18.4 Å². The summed E-state index contributed by atoms with van der Waals surface area (Å²) in [5, 5.41) is 0.251. The van der Waals surface area contributed by atoms with Gasteiger partial charge < -0.3 is 10.5 Å². The molecule has 4 heteroatoms. The van der Waals surface area contributed by atoms with Gasteiger partial charge in [-0.1, -0.05) is 30.7 Å². The summed E-state index contributed by atoms with van der Waals surface area (Å²) in [6.07, 6.45) is 1.72. The molecular formula is C16H17ClFNO. The topological polar surface area (TPSA) is 35.2 Å². The molecular weight excluding hydrogens is 277 g/mol. The van der Waals surface area contributed by atoms with E-state index in [1.54, 1.807) is 0 Å². The average Bonchev–Trinajstić information content (AvgIpc) is 2.42. The third-order valence-corrected chi connectivity index (χ3v) is 3.34.